The van der Waals surface area contributed by atoms with Crippen molar-refractivity contribution in [2.24, 2.45) is 0 Å². The maximum absolute atomic E-state index is 12.2. The van der Waals surface area contributed by atoms with E-state index >= 15 is 0 Å². The van der Waals surface area contributed by atoms with Gasteiger partial charge in [-0.15, -0.1) is 0 Å². The third-order valence-corrected chi connectivity index (χ3v) is 5.05. The summed E-state index contributed by atoms with van der Waals surface area (Å²) in [6, 6.07) is 10.8. The molecule has 2 N–H and O–H groups in total. The number of likely N-dealkylation sites (tertiary alicyclic amines) is 1. The van der Waals surface area contributed by atoms with Crippen LogP contribution in [0, 0.1) is 0 Å². The minimum absolute atomic E-state index is 0.0665. The highest BCUT2D eigenvalue weighted by atomic mass is 16.5. The van der Waals surface area contributed by atoms with Crippen molar-refractivity contribution in [2.45, 2.75) is 25.0 Å². The molecular weight excluding hydrogens is 318 g/mol. The van der Waals surface area contributed by atoms with Crippen LogP contribution in [0.1, 0.15) is 28.8 Å². The normalized spacial score (nSPS) is 19.6. The maximum Gasteiger partial charge on any atom is 0.255 e. The molecule has 1 amide bonds. The number of hydrogen-bond donors (Lipinski definition) is 2. The van der Waals surface area contributed by atoms with Crippen LogP contribution in [0.3, 0.4) is 0 Å². The minimum atomic E-state index is -0.343. The lowest BCUT2D eigenvalue weighted by Crippen LogP contribution is -2.53. The van der Waals surface area contributed by atoms with Crippen LogP contribution in [0.15, 0.2) is 47.4 Å². The van der Waals surface area contributed by atoms with E-state index in [1.54, 1.807) is 18.3 Å². The summed E-state index contributed by atoms with van der Waals surface area (Å²) in [6.07, 6.45) is 3.47. The zero-order chi connectivity index (χ0) is 17.3. The number of para-hydroxylation sites is 1. The van der Waals surface area contributed by atoms with Crippen LogP contribution in [0.4, 0.5) is 0 Å². The molecule has 6 heteroatoms. The number of pyridine rings is 1. The molecule has 0 atom stereocenters. The molecule has 1 spiro atoms. The Morgan fingerprint density at radius 2 is 1.88 bits per heavy atom. The predicted octanol–water partition coefficient (Wildman–Crippen LogP) is 1.53. The second-order valence-electron chi connectivity index (χ2n) is 6.80. The minimum Gasteiger partial charge on any atom is -0.485 e. The molecule has 1 fully saturated rings. The molecule has 1 aromatic heterocycles. The summed E-state index contributed by atoms with van der Waals surface area (Å²) < 4.78 is 6.31. The molecular formula is C19H21N3O3. The standard InChI is InChI=1S/C19H21N3O3/c23-17-6-5-14(11-20-17)12-22-9-7-19(8-10-22)13-21-18(24)15-3-1-2-4-16(15)25-19/h1-6,11H,7-10,12-13H2,(H,20,23)(H,21,24). The second kappa shape index (κ2) is 6.37. The molecule has 0 radical (unpaired) electrons. The van der Waals surface area contributed by atoms with Crippen molar-refractivity contribution in [3.05, 3.63) is 64.1 Å². The summed E-state index contributed by atoms with van der Waals surface area (Å²) in [5.41, 5.74) is 1.28. The largest absolute Gasteiger partial charge is 0.485 e. The summed E-state index contributed by atoms with van der Waals surface area (Å²) in [6.45, 7) is 3.11. The number of carbonyl (C=O) groups is 1. The maximum atomic E-state index is 12.2. The summed E-state index contributed by atoms with van der Waals surface area (Å²) in [4.78, 5) is 28.5. The Hall–Kier alpha value is -2.60. The molecule has 25 heavy (non-hydrogen) atoms. The van der Waals surface area contributed by atoms with E-state index in [-0.39, 0.29) is 17.1 Å². The summed E-state index contributed by atoms with van der Waals surface area (Å²) in [5.74, 6) is 0.606. The SMILES string of the molecule is O=C1NCC2(CCN(Cc3ccc(=O)[nH]c3)CC2)Oc2ccccc21. The van der Waals surface area contributed by atoms with Crippen molar-refractivity contribution in [3.63, 3.8) is 0 Å². The van der Waals surface area contributed by atoms with Gasteiger partial charge in [0, 0.05) is 44.7 Å². The lowest BCUT2D eigenvalue weighted by atomic mass is 9.90. The Morgan fingerprint density at radius 1 is 1.08 bits per heavy atom. The van der Waals surface area contributed by atoms with Crippen molar-refractivity contribution in [3.8, 4) is 5.75 Å². The van der Waals surface area contributed by atoms with E-state index in [9.17, 15) is 9.59 Å². The second-order valence-corrected chi connectivity index (χ2v) is 6.80. The van der Waals surface area contributed by atoms with Crippen LogP contribution < -0.4 is 15.6 Å². The number of piperidine rings is 1. The molecule has 0 saturated carbocycles. The van der Waals surface area contributed by atoms with Gasteiger partial charge >= 0.3 is 0 Å². The number of H-pyrrole nitrogens is 1. The van der Waals surface area contributed by atoms with Gasteiger partial charge in [-0.05, 0) is 17.7 Å². The number of nitrogens with one attached hydrogen (secondary N) is 2. The molecule has 1 aromatic carbocycles. The molecule has 6 nitrogen and oxygen atoms in total. The number of benzene rings is 1. The quantitative estimate of drug-likeness (QED) is 0.870. The monoisotopic (exact) mass is 339 g/mol. The van der Waals surface area contributed by atoms with Gasteiger partial charge in [-0.2, -0.15) is 0 Å². The number of rotatable bonds is 2. The van der Waals surface area contributed by atoms with Gasteiger partial charge in [0.1, 0.15) is 11.4 Å². The summed E-state index contributed by atoms with van der Waals surface area (Å²) in [7, 11) is 0. The van der Waals surface area contributed by atoms with Crippen molar-refractivity contribution >= 4 is 5.91 Å². The van der Waals surface area contributed by atoms with Gasteiger partial charge in [0.2, 0.25) is 5.56 Å². The zero-order valence-electron chi connectivity index (χ0n) is 14.0. The van der Waals surface area contributed by atoms with Gasteiger partial charge in [-0.25, -0.2) is 0 Å². The van der Waals surface area contributed by atoms with E-state index < -0.39 is 0 Å². The van der Waals surface area contributed by atoms with Crippen LogP contribution in [0.25, 0.3) is 0 Å². The van der Waals surface area contributed by atoms with E-state index in [0.717, 1.165) is 38.0 Å². The topological polar surface area (TPSA) is 74.4 Å². The molecule has 0 bridgehead atoms. The number of nitrogens with zero attached hydrogens (tertiary/aromatic N) is 1. The predicted molar refractivity (Wildman–Crippen MR) is 93.7 cm³/mol. The molecule has 1 saturated heterocycles. The fourth-order valence-electron chi connectivity index (χ4n) is 3.55. The lowest BCUT2D eigenvalue weighted by Gasteiger charge is -2.41. The molecule has 2 aromatic rings. The van der Waals surface area contributed by atoms with Crippen LogP contribution >= 0.6 is 0 Å². The summed E-state index contributed by atoms with van der Waals surface area (Å²) in [5, 5.41) is 3.01. The Bertz CT molecular complexity index is 817. The average molecular weight is 339 g/mol. The fraction of sp³-hybridized carbons (Fsp3) is 0.368. The Labute approximate surface area is 145 Å². The zero-order valence-corrected chi connectivity index (χ0v) is 14.0. The Kier molecular flexibility index (Phi) is 4.05. The molecule has 4 rings (SSSR count). The van der Waals surface area contributed by atoms with Crippen molar-refractivity contribution in [2.75, 3.05) is 19.6 Å². The highest BCUT2D eigenvalue weighted by Crippen LogP contribution is 2.33. The number of carbonyl (C=O) groups excluding carboxylic acids is 1. The first-order valence-electron chi connectivity index (χ1n) is 8.60. The first kappa shape index (κ1) is 15.9. The van der Waals surface area contributed by atoms with E-state index in [4.69, 9.17) is 4.74 Å². The van der Waals surface area contributed by atoms with Crippen LogP contribution in [0.2, 0.25) is 0 Å². The van der Waals surface area contributed by atoms with Crippen molar-refractivity contribution < 1.29 is 9.53 Å². The first-order valence-corrected chi connectivity index (χ1v) is 8.60. The molecule has 3 heterocycles. The third-order valence-electron chi connectivity index (χ3n) is 5.05. The molecule has 0 unspecified atom stereocenters. The van der Waals surface area contributed by atoms with E-state index in [1.165, 1.54) is 0 Å². The molecule has 2 aliphatic heterocycles. The van der Waals surface area contributed by atoms with E-state index in [0.29, 0.717) is 17.9 Å². The van der Waals surface area contributed by atoms with Crippen LogP contribution in [-0.2, 0) is 6.54 Å². The number of aromatic nitrogens is 1. The first-order chi connectivity index (χ1) is 12.1. The number of aromatic amines is 1. The van der Waals surface area contributed by atoms with E-state index in [2.05, 4.69) is 15.2 Å². The average Bonchev–Trinajstić information content (AvgIpc) is 2.77. The van der Waals surface area contributed by atoms with Crippen molar-refractivity contribution in [1.82, 2.24) is 15.2 Å². The van der Waals surface area contributed by atoms with Gasteiger partial charge in [0.15, 0.2) is 0 Å². The summed E-state index contributed by atoms with van der Waals surface area (Å²) >= 11 is 0. The molecule has 2 aliphatic rings. The highest BCUT2D eigenvalue weighted by molar-refractivity contribution is 5.97. The number of ether oxygens (including phenoxy) is 1. The van der Waals surface area contributed by atoms with Gasteiger partial charge in [-0.1, -0.05) is 18.2 Å². The number of hydrogen-bond acceptors (Lipinski definition) is 4. The van der Waals surface area contributed by atoms with Crippen molar-refractivity contribution in [1.29, 1.82) is 0 Å². The Balaban J connectivity index is 1.45. The number of fused-ring (bicyclic) bond motifs is 1. The smallest absolute Gasteiger partial charge is 0.255 e. The van der Waals surface area contributed by atoms with Crippen LogP contribution in [0.5, 0.6) is 5.75 Å². The van der Waals surface area contributed by atoms with Gasteiger partial charge in [0.25, 0.3) is 5.91 Å². The van der Waals surface area contributed by atoms with Gasteiger partial charge in [0.05, 0.1) is 12.1 Å². The molecule has 0 aliphatic carbocycles. The Morgan fingerprint density at radius 3 is 2.64 bits per heavy atom. The lowest BCUT2D eigenvalue weighted by molar-refractivity contribution is 0.00392. The van der Waals surface area contributed by atoms with Crippen LogP contribution in [-0.4, -0.2) is 41.0 Å². The number of amides is 1. The molecule has 130 valence electrons. The fourth-order valence-corrected chi connectivity index (χ4v) is 3.55. The van der Waals surface area contributed by atoms with Gasteiger partial charge < -0.3 is 15.0 Å². The highest BCUT2D eigenvalue weighted by Gasteiger charge is 2.39. The van der Waals surface area contributed by atoms with E-state index in [1.807, 2.05) is 24.3 Å². The van der Waals surface area contributed by atoms with Gasteiger partial charge in [-0.3, -0.25) is 14.5 Å². The third kappa shape index (κ3) is 3.30.